The van der Waals surface area contributed by atoms with Gasteiger partial charge < -0.3 is 4.74 Å². The quantitative estimate of drug-likeness (QED) is 0.541. The molecule has 31 heavy (non-hydrogen) atoms. The van der Waals surface area contributed by atoms with Crippen LogP contribution in [0.4, 0.5) is 0 Å². The molecule has 0 spiro atoms. The van der Waals surface area contributed by atoms with E-state index in [0.29, 0.717) is 12.5 Å². The molecule has 4 rings (SSSR count). The minimum absolute atomic E-state index is 0.0641. The summed E-state index contributed by atoms with van der Waals surface area (Å²) < 4.78 is 9.72. The van der Waals surface area contributed by atoms with Gasteiger partial charge in [-0.15, -0.1) is 0 Å². The lowest BCUT2D eigenvalue weighted by molar-refractivity contribution is 0.0557. The van der Waals surface area contributed by atoms with E-state index in [1.807, 2.05) is 73.3 Å². The molecular formula is C25H30ClN3O2. The Morgan fingerprint density at radius 3 is 2.39 bits per heavy atom. The molecule has 5 nitrogen and oxygen atoms in total. The van der Waals surface area contributed by atoms with Crippen LogP contribution in [0.25, 0.3) is 5.69 Å². The zero-order valence-corrected chi connectivity index (χ0v) is 19.0. The van der Waals surface area contributed by atoms with E-state index in [-0.39, 0.29) is 5.56 Å². The van der Waals surface area contributed by atoms with Gasteiger partial charge in [0.05, 0.1) is 18.0 Å². The minimum Gasteiger partial charge on any atom is -0.376 e. The van der Waals surface area contributed by atoms with Crippen LogP contribution in [0, 0.1) is 12.8 Å². The number of nitrogens with zero attached hydrogens (tertiary/aromatic N) is 3. The van der Waals surface area contributed by atoms with Gasteiger partial charge >= 0.3 is 0 Å². The first kappa shape index (κ1) is 21.9. The van der Waals surface area contributed by atoms with Crippen LogP contribution in [-0.4, -0.2) is 34.0 Å². The highest BCUT2D eigenvalue weighted by atomic mass is 35.5. The van der Waals surface area contributed by atoms with Crippen molar-refractivity contribution in [3.05, 3.63) is 86.8 Å². The molecule has 0 atom stereocenters. The number of likely N-dealkylation sites (tertiary alicyclic amines) is 1. The average molecular weight is 440 g/mol. The fraction of sp³-hybridized carbons (Fsp3) is 0.400. The standard InChI is InChI=1S/C25H30ClN3O2/c1-19-24(27(2)29(25(19)30)23-6-4-3-5-7-23)16-28-14-12-21(13-15-28)18-31-17-20-8-10-22(26)11-9-20/h3-11,21H,12-18H2,1-2H3. The van der Waals surface area contributed by atoms with Crippen LogP contribution < -0.4 is 5.56 Å². The summed E-state index contributed by atoms with van der Waals surface area (Å²) in [6, 6.07) is 17.7. The van der Waals surface area contributed by atoms with Crippen molar-refractivity contribution in [2.45, 2.75) is 32.9 Å². The van der Waals surface area contributed by atoms with Crippen molar-refractivity contribution in [1.82, 2.24) is 14.3 Å². The van der Waals surface area contributed by atoms with Gasteiger partial charge in [0.1, 0.15) is 0 Å². The summed E-state index contributed by atoms with van der Waals surface area (Å²) in [5, 5.41) is 0.753. The Balaban J connectivity index is 1.31. The summed E-state index contributed by atoms with van der Waals surface area (Å²) in [5.74, 6) is 0.586. The normalized spacial score (nSPS) is 15.5. The Bertz CT molecular complexity index is 1050. The lowest BCUT2D eigenvalue weighted by Gasteiger charge is -2.32. The highest BCUT2D eigenvalue weighted by Gasteiger charge is 2.23. The smallest absolute Gasteiger partial charge is 0.274 e. The largest absolute Gasteiger partial charge is 0.376 e. The van der Waals surface area contributed by atoms with Gasteiger partial charge in [0.15, 0.2) is 0 Å². The van der Waals surface area contributed by atoms with Gasteiger partial charge in [0.2, 0.25) is 0 Å². The number of halogens is 1. The van der Waals surface area contributed by atoms with Gasteiger partial charge in [0, 0.05) is 30.8 Å². The van der Waals surface area contributed by atoms with E-state index >= 15 is 0 Å². The first-order valence-corrected chi connectivity index (χ1v) is 11.3. The molecule has 2 heterocycles. The van der Waals surface area contributed by atoms with Crippen LogP contribution in [0.3, 0.4) is 0 Å². The molecule has 0 bridgehead atoms. The second-order valence-electron chi connectivity index (χ2n) is 8.41. The van der Waals surface area contributed by atoms with Gasteiger partial charge in [-0.2, -0.15) is 0 Å². The third-order valence-electron chi connectivity index (χ3n) is 6.25. The number of rotatable bonds is 7. The Morgan fingerprint density at radius 2 is 1.71 bits per heavy atom. The Kier molecular flexibility index (Phi) is 6.96. The van der Waals surface area contributed by atoms with Crippen molar-refractivity contribution in [2.75, 3.05) is 19.7 Å². The molecule has 6 heteroatoms. The molecule has 1 fully saturated rings. The van der Waals surface area contributed by atoms with Crippen LogP contribution in [0.5, 0.6) is 0 Å². The van der Waals surface area contributed by atoms with E-state index in [2.05, 4.69) is 4.90 Å². The summed E-state index contributed by atoms with van der Waals surface area (Å²) in [4.78, 5) is 15.3. The Morgan fingerprint density at radius 1 is 1.03 bits per heavy atom. The Hall–Kier alpha value is -2.34. The zero-order valence-electron chi connectivity index (χ0n) is 18.3. The van der Waals surface area contributed by atoms with Crippen molar-refractivity contribution >= 4 is 11.6 Å². The van der Waals surface area contributed by atoms with Crippen LogP contribution in [0.1, 0.15) is 29.7 Å². The lowest BCUT2D eigenvalue weighted by Crippen LogP contribution is -2.35. The number of hydrogen-bond acceptors (Lipinski definition) is 3. The SMILES string of the molecule is Cc1c(CN2CCC(COCc3ccc(Cl)cc3)CC2)n(C)n(-c2ccccc2)c1=O. The first-order chi connectivity index (χ1) is 15.0. The summed E-state index contributed by atoms with van der Waals surface area (Å²) in [6.07, 6.45) is 2.24. The number of aromatic nitrogens is 2. The fourth-order valence-corrected chi connectivity index (χ4v) is 4.44. The van der Waals surface area contributed by atoms with Crippen LogP contribution in [-0.2, 0) is 24.9 Å². The second-order valence-corrected chi connectivity index (χ2v) is 8.85. The molecule has 2 aromatic carbocycles. The van der Waals surface area contributed by atoms with E-state index < -0.39 is 0 Å². The van der Waals surface area contributed by atoms with E-state index in [4.69, 9.17) is 16.3 Å². The number of benzene rings is 2. The maximum atomic E-state index is 12.9. The van der Waals surface area contributed by atoms with E-state index in [0.717, 1.165) is 66.6 Å². The lowest BCUT2D eigenvalue weighted by atomic mass is 9.97. The molecule has 1 aromatic heterocycles. The van der Waals surface area contributed by atoms with E-state index in [1.54, 1.807) is 4.68 Å². The number of para-hydroxylation sites is 1. The summed E-state index contributed by atoms with van der Waals surface area (Å²) in [6.45, 7) is 6.21. The van der Waals surface area contributed by atoms with Crippen molar-refractivity contribution in [3.8, 4) is 5.69 Å². The van der Waals surface area contributed by atoms with Crippen LogP contribution in [0.2, 0.25) is 5.02 Å². The molecule has 0 radical (unpaired) electrons. The van der Waals surface area contributed by atoms with Gasteiger partial charge in [-0.3, -0.25) is 14.4 Å². The number of hydrogen-bond donors (Lipinski definition) is 0. The Labute approximate surface area is 188 Å². The summed E-state index contributed by atoms with van der Waals surface area (Å²) in [7, 11) is 1.98. The van der Waals surface area contributed by atoms with Crippen molar-refractivity contribution in [3.63, 3.8) is 0 Å². The van der Waals surface area contributed by atoms with Gasteiger partial charge in [0.25, 0.3) is 5.56 Å². The maximum absolute atomic E-state index is 12.9. The van der Waals surface area contributed by atoms with Gasteiger partial charge in [-0.25, -0.2) is 4.68 Å². The minimum atomic E-state index is 0.0641. The third-order valence-corrected chi connectivity index (χ3v) is 6.51. The number of ether oxygens (including phenoxy) is 1. The molecule has 0 saturated carbocycles. The second kappa shape index (κ2) is 9.86. The van der Waals surface area contributed by atoms with E-state index in [1.165, 1.54) is 0 Å². The molecule has 0 amide bonds. The monoisotopic (exact) mass is 439 g/mol. The summed E-state index contributed by atoms with van der Waals surface area (Å²) in [5.41, 5.74) is 4.04. The molecule has 0 N–H and O–H groups in total. The summed E-state index contributed by atoms with van der Waals surface area (Å²) >= 11 is 5.93. The number of piperidine rings is 1. The molecule has 164 valence electrons. The molecule has 0 unspecified atom stereocenters. The predicted molar refractivity (Wildman–Crippen MR) is 125 cm³/mol. The van der Waals surface area contributed by atoms with Crippen molar-refractivity contribution in [2.24, 2.45) is 13.0 Å². The van der Waals surface area contributed by atoms with Crippen LogP contribution >= 0.6 is 11.6 Å². The predicted octanol–water partition coefficient (Wildman–Crippen LogP) is 4.57. The highest BCUT2D eigenvalue weighted by molar-refractivity contribution is 6.30. The van der Waals surface area contributed by atoms with Crippen molar-refractivity contribution < 1.29 is 4.74 Å². The molecule has 1 aliphatic rings. The van der Waals surface area contributed by atoms with Crippen molar-refractivity contribution in [1.29, 1.82) is 0 Å². The van der Waals surface area contributed by atoms with E-state index in [9.17, 15) is 4.79 Å². The average Bonchev–Trinajstić information content (AvgIpc) is 3.00. The molecule has 0 aliphatic carbocycles. The molecule has 1 aliphatic heterocycles. The molecule has 3 aromatic rings. The highest BCUT2D eigenvalue weighted by Crippen LogP contribution is 2.21. The topological polar surface area (TPSA) is 39.4 Å². The third kappa shape index (κ3) is 5.12. The molecular weight excluding hydrogens is 410 g/mol. The van der Waals surface area contributed by atoms with Gasteiger partial charge in [-0.1, -0.05) is 41.9 Å². The fourth-order valence-electron chi connectivity index (χ4n) is 4.31. The maximum Gasteiger partial charge on any atom is 0.274 e. The van der Waals surface area contributed by atoms with Crippen LogP contribution in [0.15, 0.2) is 59.4 Å². The first-order valence-electron chi connectivity index (χ1n) is 10.9. The molecule has 1 saturated heterocycles. The van der Waals surface area contributed by atoms with Gasteiger partial charge in [-0.05, 0) is 68.6 Å². The zero-order chi connectivity index (χ0) is 21.8.